The largest absolute Gasteiger partial charge is 0.492 e. The average molecular weight is 554 g/mol. The summed E-state index contributed by atoms with van der Waals surface area (Å²) in [6.07, 6.45) is 4.22. The van der Waals surface area contributed by atoms with Gasteiger partial charge < -0.3 is 25.2 Å². The molecule has 0 atom stereocenters. The van der Waals surface area contributed by atoms with Crippen LogP contribution in [0.25, 0.3) is 0 Å². The predicted octanol–water partition coefficient (Wildman–Crippen LogP) is 3.71. The summed E-state index contributed by atoms with van der Waals surface area (Å²) in [5.74, 6) is 1.11. The van der Waals surface area contributed by atoms with Gasteiger partial charge in [0.05, 0.1) is 11.4 Å². The van der Waals surface area contributed by atoms with Gasteiger partial charge in [-0.15, -0.1) is 12.4 Å². The fourth-order valence-corrected chi connectivity index (χ4v) is 5.53. The highest BCUT2D eigenvalue weighted by Crippen LogP contribution is 2.44. The maximum Gasteiger partial charge on any atom is 0.258 e. The van der Waals surface area contributed by atoms with Gasteiger partial charge in [0, 0.05) is 39.1 Å². The number of rotatable bonds is 11. The van der Waals surface area contributed by atoms with Crippen LogP contribution >= 0.6 is 12.4 Å². The van der Waals surface area contributed by atoms with Crippen LogP contribution in [0.1, 0.15) is 38.2 Å². The van der Waals surface area contributed by atoms with E-state index in [0.29, 0.717) is 38.5 Å². The third-order valence-corrected chi connectivity index (χ3v) is 7.53. The first-order valence-electron chi connectivity index (χ1n) is 14.0. The number of nitrogens with zero attached hydrogens (tertiary/aromatic N) is 3. The molecule has 0 unspecified atom stereocenters. The van der Waals surface area contributed by atoms with Gasteiger partial charge in [0.25, 0.3) is 5.91 Å². The first kappa shape index (κ1) is 28.9. The predicted molar refractivity (Wildman–Crippen MR) is 158 cm³/mol. The van der Waals surface area contributed by atoms with Crippen molar-refractivity contribution in [3.8, 4) is 5.75 Å². The van der Waals surface area contributed by atoms with Gasteiger partial charge in [-0.25, -0.2) is 0 Å². The quantitative estimate of drug-likeness (QED) is 0.324. The van der Waals surface area contributed by atoms with E-state index in [0.717, 1.165) is 42.3 Å². The highest BCUT2D eigenvalue weighted by atomic mass is 35.5. The van der Waals surface area contributed by atoms with Crippen molar-refractivity contribution in [2.75, 3.05) is 62.2 Å². The summed E-state index contributed by atoms with van der Waals surface area (Å²) in [6.45, 7) is 9.28. The number of hydrogen-bond acceptors (Lipinski definition) is 7. The summed E-state index contributed by atoms with van der Waals surface area (Å²) in [5, 5.41) is 6.35. The number of carbonyl (C=O) groups excluding carboxylic acids is 2. The number of halogens is 1. The molecule has 0 aromatic heterocycles. The summed E-state index contributed by atoms with van der Waals surface area (Å²) < 4.78 is 5.93. The second-order valence-corrected chi connectivity index (χ2v) is 10.1. The van der Waals surface area contributed by atoms with Gasteiger partial charge in [0.15, 0.2) is 5.78 Å². The van der Waals surface area contributed by atoms with Crippen LogP contribution in [0.5, 0.6) is 5.75 Å². The molecule has 1 fully saturated rings. The molecule has 5 rings (SSSR count). The third kappa shape index (κ3) is 6.75. The smallest absolute Gasteiger partial charge is 0.258 e. The number of carbonyl (C=O) groups is 2. The molecule has 210 valence electrons. The third-order valence-electron chi connectivity index (χ3n) is 7.53. The zero-order valence-corrected chi connectivity index (χ0v) is 23.6. The van der Waals surface area contributed by atoms with Crippen molar-refractivity contribution in [2.45, 2.75) is 39.2 Å². The van der Waals surface area contributed by atoms with E-state index in [1.807, 2.05) is 36.4 Å². The number of ether oxygens (including phenoxy) is 1. The van der Waals surface area contributed by atoms with Crippen LogP contribution in [-0.4, -0.2) is 69.0 Å². The Labute approximate surface area is 237 Å². The molecule has 0 aliphatic carbocycles. The van der Waals surface area contributed by atoms with E-state index in [1.54, 1.807) is 0 Å². The highest BCUT2D eigenvalue weighted by Gasteiger charge is 2.40. The molecule has 0 saturated carbocycles. The van der Waals surface area contributed by atoms with Crippen LogP contribution in [0.3, 0.4) is 0 Å². The topological polar surface area (TPSA) is 77.2 Å². The van der Waals surface area contributed by atoms with Gasteiger partial charge in [-0.05, 0) is 62.3 Å². The number of hydrogen-bond donors (Lipinski definition) is 2. The number of nitrogens with one attached hydrogen (secondary N) is 2. The zero-order valence-electron chi connectivity index (χ0n) is 22.8. The number of piperidine rings is 1. The number of amides is 1. The Balaban J connectivity index is 0.00000353. The van der Waals surface area contributed by atoms with Crippen molar-refractivity contribution in [2.24, 2.45) is 0 Å². The molecule has 1 amide bonds. The summed E-state index contributed by atoms with van der Waals surface area (Å²) in [4.78, 5) is 33.2. The van der Waals surface area contributed by atoms with Gasteiger partial charge in [0.2, 0.25) is 0 Å². The first-order valence-corrected chi connectivity index (χ1v) is 14.0. The number of ketones is 1. The lowest BCUT2D eigenvalue weighted by atomic mass is 10.0. The minimum atomic E-state index is -0.321. The zero-order chi connectivity index (χ0) is 26.3. The van der Waals surface area contributed by atoms with E-state index in [9.17, 15) is 9.59 Å². The number of anilines is 2. The van der Waals surface area contributed by atoms with Crippen molar-refractivity contribution in [3.05, 3.63) is 65.5 Å². The lowest BCUT2D eigenvalue weighted by Gasteiger charge is -2.31. The van der Waals surface area contributed by atoms with Crippen LogP contribution in [0.15, 0.2) is 59.9 Å². The molecule has 2 aromatic rings. The molecule has 8 nitrogen and oxygen atoms in total. The Morgan fingerprint density at radius 3 is 2.44 bits per heavy atom. The van der Waals surface area contributed by atoms with Gasteiger partial charge in [-0.1, -0.05) is 37.6 Å². The number of likely N-dealkylation sites (N-methyl/N-ethyl adjacent to an activating group) is 1. The number of para-hydroxylation sites is 2. The Kier molecular flexibility index (Phi) is 10.3. The second kappa shape index (κ2) is 13.8. The monoisotopic (exact) mass is 553 g/mol. The Hall–Kier alpha value is -3.07. The number of benzene rings is 2. The van der Waals surface area contributed by atoms with Crippen LogP contribution in [0.2, 0.25) is 0 Å². The normalized spacial score (nSPS) is 17.0. The van der Waals surface area contributed by atoms with Crippen LogP contribution < -0.4 is 25.2 Å². The van der Waals surface area contributed by atoms with E-state index in [-0.39, 0.29) is 29.7 Å². The van der Waals surface area contributed by atoms with Gasteiger partial charge >= 0.3 is 0 Å². The van der Waals surface area contributed by atoms with Gasteiger partial charge in [-0.3, -0.25) is 14.5 Å². The van der Waals surface area contributed by atoms with Crippen molar-refractivity contribution >= 4 is 35.5 Å². The molecule has 2 N–H and O–H groups in total. The molecule has 1 saturated heterocycles. The highest BCUT2D eigenvalue weighted by molar-refractivity contribution is 6.22. The first-order chi connectivity index (χ1) is 18.7. The molecular weight excluding hydrogens is 514 g/mol. The summed E-state index contributed by atoms with van der Waals surface area (Å²) >= 11 is 0. The minimum absolute atomic E-state index is 0. The van der Waals surface area contributed by atoms with Crippen molar-refractivity contribution in [3.63, 3.8) is 0 Å². The fourth-order valence-electron chi connectivity index (χ4n) is 5.53. The minimum Gasteiger partial charge on any atom is -0.492 e. The Bertz CT molecular complexity index is 1160. The van der Waals surface area contributed by atoms with Crippen LogP contribution in [0.4, 0.5) is 11.4 Å². The lowest BCUT2D eigenvalue weighted by molar-refractivity contribution is -0.123. The van der Waals surface area contributed by atoms with Crippen molar-refractivity contribution in [1.29, 1.82) is 0 Å². The molecule has 0 bridgehead atoms. The van der Waals surface area contributed by atoms with E-state index in [2.05, 4.69) is 44.4 Å². The maximum atomic E-state index is 13.4. The molecule has 3 aliphatic heterocycles. The number of Topliss-reactive ketones (excluding diaryl/α,β-unsaturated/α-hetero) is 1. The molecule has 3 heterocycles. The number of fused-ring (bicyclic) bond motifs is 3. The van der Waals surface area contributed by atoms with Crippen LogP contribution in [-0.2, 0) is 16.1 Å². The van der Waals surface area contributed by atoms with E-state index >= 15 is 0 Å². The standard InChI is InChI=1S/C30H39N5O3.ClH/c1-2-31-15-19-35-26-9-5-4-8-25(26)34-18-14-27(36)28(30(34)35)29(37)32-22-23-10-12-24(13-11-23)38-21-20-33-16-6-3-7-17-33;/h4-5,8-13,31H,2-3,6-7,14-22H2,1H3,(H,32,37);1H. The van der Waals surface area contributed by atoms with Gasteiger partial charge in [-0.2, -0.15) is 0 Å². The fraction of sp³-hybridized carbons (Fsp3) is 0.467. The molecule has 9 heteroatoms. The molecule has 0 radical (unpaired) electrons. The van der Waals surface area contributed by atoms with Crippen molar-refractivity contribution in [1.82, 2.24) is 15.5 Å². The van der Waals surface area contributed by atoms with E-state index < -0.39 is 0 Å². The maximum absolute atomic E-state index is 13.4. The van der Waals surface area contributed by atoms with Crippen LogP contribution in [0, 0.1) is 0 Å². The average Bonchev–Trinajstić information content (AvgIpc) is 3.26. The molecule has 0 spiro atoms. The van der Waals surface area contributed by atoms with Gasteiger partial charge in [0.1, 0.15) is 23.8 Å². The molecular formula is C30H40ClN5O3. The Morgan fingerprint density at radius 1 is 0.949 bits per heavy atom. The molecule has 2 aromatic carbocycles. The lowest BCUT2D eigenvalue weighted by Crippen LogP contribution is -2.43. The van der Waals surface area contributed by atoms with E-state index in [4.69, 9.17) is 4.74 Å². The number of likely N-dealkylation sites (tertiary alicyclic amines) is 1. The van der Waals surface area contributed by atoms with Crippen molar-refractivity contribution < 1.29 is 14.3 Å². The SMILES string of the molecule is CCNCCN1C2=C(C(=O)NCc3ccc(OCCN4CCCCC4)cc3)C(=O)CCN2c2ccccc21.Cl. The second-order valence-electron chi connectivity index (χ2n) is 10.1. The summed E-state index contributed by atoms with van der Waals surface area (Å²) in [7, 11) is 0. The molecule has 3 aliphatic rings. The Morgan fingerprint density at radius 2 is 1.69 bits per heavy atom. The summed E-state index contributed by atoms with van der Waals surface area (Å²) in [5.41, 5.74) is 3.30. The summed E-state index contributed by atoms with van der Waals surface area (Å²) in [6, 6.07) is 16.0. The van der Waals surface area contributed by atoms with E-state index in [1.165, 1.54) is 32.4 Å². The molecule has 39 heavy (non-hydrogen) atoms.